The summed E-state index contributed by atoms with van der Waals surface area (Å²) in [6.07, 6.45) is 13.2. The maximum Gasteiger partial charge on any atom is 0.348 e. The van der Waals surface area contributed by atoms with E-state index in [1.54, 1.807) is 0 Å². The molecule has 2 aliphatic rings. The highest BCUT2D eigenvalue weighted by atomic mass is 19.3. The molecule has 0 fully saturated rings. The smallest absolute Gasteiger partial charge is 0.348 e. The van der Waals surface area contributed by atoms with Crippen LogP contribution in [0.2, 0.25) is 0 Å². The second-order valence-electron chi connectivity index (χ2n) is 10.9. The predicted octanol–water partition coefficient (Wildman–Crippen LogP) is 7.96. The minimum Gasteiger partial charge on any atom is -0.466 e. The van der Waals surface area contributed by atoms with Crippen molar-refractivity contribution in [1.29, 1.82) is 0 Å². The van der Waals surface area contributed by atoms with Gasteiger partial charge in [0.2, 0.25) is 0 Å². The van der Waals surface area contributed by atoms with Gasteiger partial charge in [-0.25, -0.2) is 4.79 Å². The summed E-state index contributed by atoms with van der Waals surface area (Å²) in [5, 5.41) is 0. The molecule has 5 rings (SSSR count). The molecule has 3 aromatic rings. The van der Waals surface area contributed by atoms with Gasteiger partial charge in [0.05, 0.1) is 13.0 Å². The molecule has 0 aliphatic heterocycles. The molecular formula is C37H37FO4. The zero-order valence-corrected chi connectivity index (χ0v) is 24.4. The highest BCUT2D eigenvalue weighted by Crippen LogP contribution is 2.59. The molecule has 0 heterocycles. The lowest BCUT2D eigenvalue weighted by Gasteiger charge is -2.41. The first-order chi connectivity index (χ1) is 20.4. The van der Waals surface area contributed by atoms with Crippen LogP contribution in [0.25, 0.3) is 11.1 Å². The first-order valence-corrected chi connectivity index (χ1v) is 14.6. The third kappa shape index (κ3) is 6.27. The van der Waals surface area contributed by atoms with Gasteiger partial charge in [0.1, 0.15) is 0 Å². The summed E-state index contributed by atoms with van der Waals surface area (Å²) < 4.78 is 18.1. The number of carbonyl (C=O) groups is 2. The molecule has 0 saturated heterocycles. The fourth-order valence-corrected chi connectivity index (χ4v) is 6.77. The molecule has 1 unspecified atom stereocenters. The van der Waals surface area contributed by atoms with E-state index in [4.69, 9.17) is 11.2 Å². The molecule has 4 nitrogen and oxygen atoms in total. The van der Waals surface area contributed by atoms with Crippen molar-refractivity contribution in [1.82, 2.24) is 0 Å². The quantitative estimate of drug-likeness (QED) is 0.142. The Balaban J connectivity index is 0.000000612. The van der Waals surface area contributed by atoms with Crippen molar-refractivity contribution in [2.45, 2.75) is 76.0 Å². The van der Waals surface area contributed by atoms with E-state index in [2.05, 4.69) is 53.3 Å². The molecule has 216 valence electrons. The van der Waals surface area contributed by atoms with Crippen molar-refractivity contribution in [2.75, 3.05) is 6.61 Å². The fraction of sp³-hybridized carbons (Fsp3) is 0.351. The fourth-order valence-electron chi connectivity index (χ4n) is 6.77. The molecule has 1 atom stereocenters. The Kier molecular flexibility index (Phi) is 10.2. The average molecular weight is 565 g/mol. The van der Waals surface area contributed by atoms with Gasteiger partial charge in [-0.2, -0.15) is 0 Å². The van der Waals surface area contributed by atoms with E-state index in [1.807, 2.05) is 56.3 Å². The number of allylic oxidation sites excluding steroid dienone is 2. The Morgan fingerprint density at radius 2 is 1.69 bits per heavy atom. The zero-order chi connectivity index (χ0) is 30.0. The monoisotopic (exact) mass is 564 g/mol. The summed E-state index contributed by atoms with van der Waals surface area (Å²) in [6, 6.07) is 27.0. The van der Waals surface area contributed by atoms with Gasteiger partial charge in [-0.3, -0.25) is 9.74 Å². The van der Waals surface area contributed by atoms with Crippen LogP contribution in [-0.2, 0) is 36.5 Å². The summed E-state index contributed by atoms with van der Waals surface area (Å²) in [5.41, 5.74) is 5.89. The zero-order valence-electron chi connectivity index (χ0n) is 24.4. The van der Waals surface area contributed by atoms with Crippen LogP contribution in [0.3, 0.4) is 0 Å². The third-order valence-electron chi connectivity index (χ3n) is 8.53. The molecule has 3 aromatic carbocycles. The topological polar surface area (TPSA) is 52.6 Å². The van der Waals surface area contributed by atoms with Crippen LogP contribution in [0.15, 0.2) is 72.8 Å². The van der Waals surface area contributed by atoms with Crippen LogP contribution in [-0.4, -0.2) is 18.5 Å². The van der Waals surface area contributed by atoms with Gasteiger partial charge in [0.25, 0.3) is 0 Å². The second-order valence-corrected chi connectivity index (χ2v) is 10.9. The van der Waals surface area contributed by atoms with Crippen LogP contribution >= 0.6 is 0 Å². The SMILES string of the molecule is C#CC/C=C\C.CCOC(=O)CCC1(CC2(CCC(=O)OF)c3ccccc3-c3ccccc32)CCc2ccc#cc21. The summed E-state index contributed by atoms with van der Waals surface area (Å²) >= 11 is 0. The minimum absolute atomic E-state index is 0.0510. The molecule has 0 bridgehead atoms. The van der Waals surface area contributed by atoms with Crippen molar-refractivity contribution < 1.29 is 23.8 Å². The number of terminal acetylenes is 1. The minimum atomic E-state index is -0.872. The normalized spacial score (nSPS) is 17.1. The van der Waals surface area contributed by atoms with Gasteiger partial charge >= 0.3 is 11.9 Å². The van der Waals surface area contributed by atoms with Gasteiger partial charge < -0.3 is 4.74 Å². The summed E-state index contributed by atoms with van der Waals surface area (Å²) in [7, 11) is 0. The molecule has 0 N–H and O–H groups in total. The average Bonchev–Trinajstić information content (AvgIpc) is 3.52. The number of carbonyl (C=O) groups excluding carboxylic acids is 2. The second kappa shape index (κ2) is 14.0. The number of rotatable bonds is 10. The number of hydrogen-bond acceptors (Lipinski definition) is 4. The maximum absolute atomic E-state index is 12.8. The van der Waals surface area contributed by atoms with E-state index in [1.165, 1.54) is 5.56 Å². The van der Waals surface area contributed by atoms with Crippen LogP contribution < -0.4 is 0 Å². The van der Waals surface area contributed by atoms with Gasteiger partial charge in [-0.1, -0.05) is 72.8 Å². The summed E-state index contributed by atoms with van der Waals surface area (Å²) in [4.78, 5) is 28.1. The van der Waals surface area contributed by atoms with Crippen molar-refractivity contribution in [3.05, 3.63) is 107 Å². The molecule has 2 aliphatic carbocycles. The van der Waals surface area contributed by atoms with Gasteiger partial charge in [0.15, 0.2) is 0 Å². The Morgan fingerprint density at radius 3 is 2.29 bits per heavy atom. The van der Waals surface area contributed by atoms with Crippen LogP contribution in [0.5, 0.6) is 0 Å². The van der Waals surface area contributed by atoms with Crippen LogP contribution in [0, 0.1) is 24.5 Å². The van der Waals surface area contributed by atoms with Gasteiger partial charge in [-0.15, -0.1) is 12.3 Å². The van der Waals surface area contributed by atoms with Crippen molar-refractivity contribution in [2.24, 2.45) is 0 Å². The van der Waals surface area contributed by atoms with Crippen molar-refractivity contribution >= 4 is 11.9 Å². The molecule has 0 radical (unpaired) electrons. The molecule has 0 aromatic heterocycles. The summed E-state index contributed by atoms with van der Waals surface area (Å²) in [5.74, 6) is 1.39. The van der Waals surface area contributed by atoms with Crippen LogP contribution in [0.1, 0.15) is 81.0 Å². The first kappa shape index (κ1) is 30.6. The molecular weight excluding hydrogens is 527 g/mol. The number of halogens is 1. The van der Waals surface area contributed by atoms with E-state index in [9.17, 15) is 14.1 Å². The number of esters is 1. The van der Waals surface area contributed by atoms with Crippen LogP contribution in [0.4, 0.5) is 4.53 Å². The Morgan fingerprint density at radius 1 is 1.02 bits per heavy atom. The lowest BCUT2D eigenvalue weighted by atomic mass is 9.61. The maximum atomic E-state index is 12.8. The lowest BCUT2D eigenvalue weighted by Crippen LogP contribution is -2.37. The first-order valence-electron chi connectivity index (χ1n) is 14.6. The number of fused-ring (bicyclic) bond motifs is 4. The number of hydrogen-bond donors (Lipinski definition) is 0. The third-order valence-corrected chi connectivity index (χ3v) is 8.53. The largest absolute Gasteiger partial charge is 0.466 e. The van der Waals surface area contributed by atoms with E-state index in [0.29, 0.717) is 32.3 Å². The van der Waals surface area contributed by atoms with Gasteiger partial charge in [-0.05, 0) is 85.9 Å². The number of ether oxygens (including phenoxy) is 1. The Bertz CT molecular complexity index is 1420. The highest BCUT2D eigenvalue weighted by molar-refractivity contribution is 5.82. The molecule has 0 amide bonds. The molecule has 42 heavy (non-hydrogen) atoms. The van der Waals surface area contributed by atoms with E-state index in [0.717, 1.165) is 47.1 Å². The summed E-state index contributed by atoms with van der Waals surface area (Å²) in [6.45, 7) is 4.11. The van der Waals surface area contributed by atoms with Crippen molar-refractivity contribution in [3.63, 3.8) is 0 Å². The number of benzene rings is 2. The van der Waals surface area contributed by atoms with Crippen molar-refractivity contribution in [3.8, 4) is 23.5 Å². The van der Waals surface area contributed by atoms with Gasteiger partial charge in [0, 0.05) is 33.8 Å². The lowest BCUT2D eigenvalue weighted by molar-refractivity contribution is -0.184. The molecule has 0 spiro atoms. The standard InChI is InChI=1S/C31H29FO4.C6H8/c1-2-35-28(33)16-19-30(18-15-22-9-3-6-12-25(22)30)21-31(20-17-29(34)36-32)26-13-7-4-10-23(26)24-11-5-8-14-27(24)31;1-3-5-6-4-2/h3-5,7-11,13-14H,2,15-21H2,1H3;1,4,6H,5H2,2H3/b;6-4-. The number of aryl methyl sites for hydroxylation is 1. The highest BCUT2D eigenvalue weighted by Gasteiger charge is 2.51. The predicted molar refractivity (Wildman–Crippen MR) is 162 cm³/mol. The molecule has 5 heteroatoms. The van der Waals surface area contributed by atoms with E-state index < -0.39 is 11.4 Å². The van der Waals surface area contributed by atoms with E-state index >= 15 is 0 Å². The Hall–Kier alpha value is -4.35. The molecule has 0 saturated carbocycles. The van der Waals surface area contributed by atoms with E-state index in [-0.39, 0.29) is 17.8 Å². The Labute approximate surface area is 248 Å².